The van der Waals surface area contributed by atoms with Gasteiger partial charge in [0.25, 0.3) is 0 Å². The molecule has 3 heterocycles. The Morgan fingerprint density at radius 1 is 1.24 bits per heavy atom. The Morgan fingerprint density at radius 2 is 2.07 bits per heavy atom. The molecule has 1 aromatic heterocycles. The third-order valence-electron chi connectivity index (χ3n) is 5.83. The number of likely N-dealkylation sites (tertiary alicyclic amines) is 1. The summed E-state index contributed by atoms with van der Waals surface area (Å²) in [5, 5.41) is 11.8. The fraction of sp³-hybridized carbons (Fsp3) is 0.571. The van der Waals surface area contributed by atoms with Crippen molar-refractivity contribution in [1.29, 1.82) is 0 Å². The van der Waals surface area contributed by atoms with Gasteiger partial charge in [0.1, 0.15) is 12.4 Å². The molecule has 0 radical (unpaired) electrons. The number of nitrogens with one attached hydrogen (secondary N) is 1. The molecule has 2 aliphatic rings. The summed E-state index contributed by atoms with van der Waals surface area (Å²) in [6, 6.07) is 11.1. The lowest BCUT2D eigenvalue weighted by atomic mass is 10.1. The van der Waals surface area contributed by atoms with Crippen LogP contribution < -0.4 is 5.32 Å². The van der Waals surface area contributed by atoms with Gasteiger partial charge >= 0.3 is 0 Å². The SMILES string of the molecule is CCNC(=NCc1nnc(C)n1C)N1CC2OCCN(Cc3ccccc3)C2C1. The number of benzene rings is 1. The quantitative estimate of drug-likeness (QED) is 0.603. The van der Waals surface area contributed by atoms with Crippen LogP contribution in [0.25, 0.3) is 0 Å². The van der Waals surface area contributed by atoms with Gasteiger partial charge in [-0.15, -0.1) is 10.2 Å². The summed E-state index contributed by atoms with van der Waals surface area (Å²) in [5.41, 5.74) is 1.35. The number of guanidine groups is 1. The topological polar surface area (TPSA) is 70.8 Å². The molecule has 0 aliphatic carbocycles. The Hall–Kier alpha value is -2.45. The van der Waals surface area contributed by atoms with Crippen molar-refractivity contribution in [3.8, 4) is 0 Å². The molecular weight excluding hydrogens is 366 g/mol. The normalized spacial score (nSPS) is 22.7. The van der Waals surface area contributed by atoms with Crippen LogP contribution in [0.5, 0.6) is 0 Å². The molecule has 1 aromatic carbocycles. The molecule has 2 fully saturated rings. The van der Waals surface area contributed by atoms with Crippen LogP contribution in [-0.2, 0) is 24.9 Å². The zero-order valence-electron chi connectivity index (χ0n) is 17.6. The number of rotatable bonds is 5. The summed E-state index contributed by atoms with van der Waals surface area (Å²) >= 11 is 0. The number of hydrogen-bond donors (Lipinski definition) is 1. The second-order valence-electron chi connectivity index (χ2n) is 7.73. The van der Waals surface area contributed by atoms with Crippen LogP contribution in [0.1, 0.15) is 24.1 Å². The fourth-order valence-corrected chi connectivity index (χ4v) is 4.11. The molecule has 4 rings (SSSR count). The smallest absolute Gasteiger partial charge is 0.194 e. The Morgan fingerprint density at radius 3 is 2.79 bits per heavy atom. The van der Waals surface area contributed by atoms with Gasteiger partial charge in [-0.1, -0.05) is 30.3 Å². The zero-order valence-corrected chi connectivity index (χ0v) is 17.6. The van der Waals surface area contributed by atoms with Crippen LogP contribution in [0.3, 0.4) is 0 Å². The van der Waals surface area contributed by atoms with Gasteiger partial charge in [0.05, 0.1) is 18.8 Å². The Kier molecular flexibility index (Phi) is 6.10. The van der Waals surface area contributed by atoms with E-state index in [-0.39, 0.29) is 6.10 Å². The molecule has 0 spiro atoms. The minimum Gasteiger partial charge on any atom is -0.373 e. The molecule has 8 nitrogen and oxygen atoms in total. The van der Waals surface area contributed by atoms with E-state index >= 15 is 0 Å². The van der Waals surface area contributed by atoms with Gasteiger partial charge in [0, 0.05) is 39.8 Å². The molecule has 29 heavy (non-hydrogen) atoms. The van der Waals surface area contributed by atoms with E-state index in [0.29, 0.717) is 12.6 Å². The fourth-order valence-electron chi connectivity index (χ4n) is 4.11. The van der Waals surface area contributed by atoms with Crippen LogP contribution >= 0.6 is 0 Å². The van der Waals surface area contributed by atoms with Crippen molar-refractivity contribution in [2.24, 2.45) is 12.0 Å². The first-order valence-corrected chi connectivity index (χ1v) is 10.4. The molecular formula is C21H31N7O. The van der Waals surface area contributed by atoms with E-state index in [0.717, 1.165) is 56.9 Å². The van der Waals surface area contributed by atoms with Gasteiger partial charge < -0.3 is 19.5 Å². The summed E-state index contributed by atoms with van der Waals surface area (Å²) < 4.78 is 8.11. The lowest BCUT2D eigenvalue weighted by Gasteiger charge is -2.36. The Bertz CT molecular complexity index is 835. The second kappa shape index (κ2) is 8.92. The van der Waals surface area contributed by atoms with Crippen molar-refractivity contribution in [1.82, 2.24) is 29.9 Å². The Balaban J connectivity index is 1.46. The third-order valence-corrected chi connectivity index (χ3v) is 5.83. The van der Waals surface area contributed by atoms with E-state index in [1.165, 1.54) is 5.56 Å². The minimum absolute atomic E-state index is 0.216. The lowest BCUT2D eigenvalue weighted by Crippen LogP contribution is -2.50. The predicted octanol–water partition coefficient (Wildman–Crippen LogP) is 1.17. The molecule has 0 amide bonds. The average Bonchev–Trinajstić information content (AvgIpc) is 3.31. The van der Waals surface area contributed by atoms with Gasteiger partial charge in [-0.05, 0) is 19.4 Å². The highest BCUT2D eigenvalue weighted by molar-refractivity contribution is 5.80. The van der Waals surface area contributed by atoms with Crippen molar-refractivity contribution >= 4 is 5.96 Å². The average molecular weight is 398 g/mol. The van der Waals surface area contributed by atoms with Gasteiger partial charge in [-0.25, -0.2) is 4.99 Å². The van der Waals surface area contributed by atoms with Crippen LogP contribution in [0.2, 0.25) is 0 Å². The minimum atomic E-state index is 0.216. The van der Waals surface area contributed by atoms with Crippen molar-refractivity contribution < 1.29 is 4.74 Å². The van der Waals surface area contributed by atoms with Gasteiger partial charge in [-0.2, -0.15) is 0 Å². The van der Waals surface area contributed by atoms with Crippen molar-refractivity contribution in [2.75, 3.05) is 32.8 Å². The van der Waals surface area contributed by atoms with E-state index in [1.54, 1.807) is 0 Å². The molecule has 8 heteroatoms. The predicted molar refractivity (Wildman–Crippen MR) is 113 cm³/mol. The Labute approximate surface area is 172 Å². The second-order valence-corrected chi connectivity index (χ2v) is 7.73. The van der Waals surface area contributed by atoms with Gasteiger partial charge in [0.2, 0.25) is 0 Å². The molecule has 1 N–H and O–H groups in total. The first kappa shape index (κ1) is 19.8. The standard InChI is InChI=1S/C21H31N7O/c1-4-22-21(23-12-20-25-24-16(2)26(20)3)28-14-18-19(15-28)29-11-10-27(18)13-17-8-6-5-7-9-17/h5-9,18-19H,4,10-15H2,1-3H3,(H,22,23). The van der Waals surface area contributed by atoms with Crippen LogP contribution in [0, 0.1) is 6.92 Å². The highest BCUT2D eigenvalue weighted by Crippen LogP contribution is 2.24. The maximum absolute atomic E-state index is 6.12. The van der Waals surface area contributed by atoms with Crippen molar-refractivity contribution in [3.63, 3.8) is 0 Å². The highest BCUT2D eigenvalue weighted by Gasteiger charge is 2.41. The van der Waals surface area contributed by atoms with Crippen molar-refractivity contribution in [2.45, 2.75) is 39.1 Å². The molecule has 2 unspecified atom stereocenters. The first-order chi connectivity index (χ1) is 14.2. The lowest BCUT2D eigenvalue weighted by molar-refractivity contribution is -0.0502. The molecule has 2 atom stereocenters. The third kappa shape index (κ3) is 4.43. The van der Waals surface area contributed by atoms with Crippen LogP contribution in [0.15, 0.2) is 35.3 Å². The molecule has 2 aliphatic heterocycles. The largest absolute Gasteiger partial charge is 0.373 e. The molecule has 2 saturated heterocycles. The van der Waals surface area contributed by atoms with Gasteiger partial charge in [-0.3, -0.25) is 4.90 Å². The summed E-state index contributed by atoms with van der Waals surface area (Å²) in [7, 11) is 1.98. The van der Waals surface area contributed by atoms with E-state index < -0.39 is 0 Å². The molecule has 0 bridgehead atoms. The number of nitrogens with zero attached hydrogens (tertiary/aromatic N) is 6. The zero-order chi connectivity index (χ0) is 20.2. The van der Waals surface area contributed by atoms with E-state index in [4.69, 9.17) is 9.73 Å². The first-order valence-electron chi connectivity index (χ1n) is 10.4. The number of fused-ring (bicyclic) bond motifs is 1. The van der Waals surface area contributed by atoms with E-state index in [1.807, 2.05) is 18.5 Å². The monoisotopic (exact) mass is 397 g/mol. The molecule has 0 saturated carbocycles. The van der Waals surface area contributed by atoms with E-state index in [9.17, 15) is 0 Å². The van der Waals surface area contributed by atoms with Crippen molar-refractivity contribution in [3.05, 3.63) is 47.5 Å². The van der Waals surface area contributed by atoms with Crippen LogP contribution in [0.4, 0.5) is 0 Å². The number of aromatic nitrogens is 3. The number of ether oxygens (including phenoxy) is 1. The molecule has 156 valence electrons. The summed E-state index contributed by atoms with van der Waals surface area (Å²) in [4.78, 5) is 9.72. The maximum atomic E-state index is 6.12. The van der Waals surface area contributed by atoms with E-state index in [2.05, 4.69) is 62.6 Å². The summed E-state index contributed by atoms with van der Waals surface area (Å²) in [5.74, 6) is 2.69. The number of morpholine rings is 1. The summed E-state index contributed by atoms with van der Waals surface area (Å²) in [6.45, 7) is 9.89. The maximum Gasteiger partial charge on any atom is 0.194 e. The summed E-state index contributed by atoms with van der Waals surface area (Å²) in [6.07, 6.45) is 0.216. The van der Waals surface area contributed by atoms with Crippen LogP contribution in [-0.4, -0.2) is 75.5 Å². The number of aliphatic imine (C=N–C) groups is 1. The number of aryl methyl sites for hydroxylation is 1. The van der Waals surface area contributed by atoms with Gasteiger partial charge in [0.15, 0.2) is 11.8 Å². The molecule has 2 aromatic rings. The highest BCUT2D eigenvalue weighted by atomic mass is 16.5. The number of hydrogen-bond acceptors (Lipinski definition) is 5.